The molecule has 0 bridgehead atoms. The van der Waals surface area contributed by atoms with Gasteiger partial charge in [-0.2, -0.15) is 0 Å². The summed E-state index contributed by atoms with van der Waals surface area (Å²) in [5.41, 5.74) is 1.42. The van der Waals surface area contributed by atoms with Crippen LogP contribution in [0, 0.1) is 17.8 Å². The van der Waals surface area contributed by atoms with E-state index in [1.54, 1.807) is 0 Å². The van der Waals surface area contributed by atoms with E-state index in [1.165, 1.54) is 57.2 Å². The fourth-order valence-electron chi connectivity index (χ4n) is 4.70. The van der Waals surface area contributed by atoms with Crippen molar-refractivity contribution in [3.8, 4) is 0 Å². The van der Waals surface area contributed by atoms with Crippen molar-refractivity contribution >= 4 is 0 Å². The zero-order valence-electron chi connectivity index (χ0n) is 14.6. The normalized spacial score (nSPS) is 35.0. The van der Waals surface area contributed by atoms with E-state index in [-0.39, 0.29) is 0 Å². The number of nitrogens with zero attached hydrogens (tertiary/aromatic N) is 1. The van der Waals surface area contributed by atoms with Gasteiger partial charge in [0.25, 0.3) is 0 Å². The summed E-state index contributed by atoms with van der Waals surface area (Å²) in [4.78, 5) is 2.84. The quantitative estimate of drug-likeness (QED) is 0.852. The molecular weight excluding hydrogens is 280 g/mol. The van der Waals surface area contributed by atoms with Crippen LogP contribution in [0.25, 0.3) is 0 Å². The molecule has 2 aliphatic carbocycles. The third-order valence-electron chi connectivity index (χ3n) is 6.41. The molecular formula is C21H32N2. The van der Waals surface area contributed by atoms with Crippen LogP contribution in [0.4, 0.5) is 0 Å². The molecule has 2 heteroatoms. The minimum Gasteiger partial charge on any atom is -0.309 e. The average molecular weight is 313 g/mol. The Morgan fingerprint density at radius 2 is 1.83 bits per heavy atom. The molecule has 1 N–H and O–H groups in total. The monoisotopic (exact) mass is 312 g/mol. The lowest BCUT2D eigenvalue weighted by Crippen LogP contribution is -2.56. The molecule has 0 radical (unpaired) electrons. The van der Waals surface area contributed by atoms with Gasteiger partial charge in [-0.15, -0.1) is 0 Å². The van der Waals surface area contributed by atoms with Gasteiger partial charge >= 0.3 is 0 Å². The number of benzene rings is 1. The van der Waals surface area contributed by atoms with Gasteiger partial charge in [0.15, 0.2) is 0 Å². The Bertz CT molecular complexity index is 496. The van der Waals surface area contributed by atoms with Crippen molar-refractivity contribution in [1.29, 1.82) is 0 Å². The molecule has 1 heterocycles. The average Bonchev–Trinajstić information content (AvgIpc) is 3.36. The maximum absolute atomic E-state index is 3.87. The summed E-state index contributed by atoms with van der Waals surface area (Å²) in [6, 6.07) is 12.4. The zero-order valence-corrected chi connectivity index (χ0v) is 14.6. The van der Waals surface area contributed by atoms with Crippen molar-refractivity contribution in [3.05, 3.63) is 35.9 Å². The van der Waals surface area contributed by atoms with Gasteiger partial charge in [-0.3, -0.25) is 4.90 Å². The van der Waals surface area contributed by atoms with E-state index >= 15 is 0 Å². The van der Waals surface area contributed by atoms with Gasteiger partial charge in [-0.1, -0.05) is 50.1 Å². The van der Waals surface area contributed by atoms with Gasteiger partial charge in [-0.25, -0.2) is 0 Å². The van der Waals surface area contributed by atoms with E-state index in [2.05, 4.69) is 47.5 Å². The number of hydrogen-bond acceptors (Lipinski definition) is 2. The maximum atomic E-state index is 3.87. The van der Waals surface area contributed by atoms with Crippen LogP contribution in [0.5, 0.6) is 0 Å². The Hall–Kier alpha value is -0.860. The standard InChI is InChI=1S/C21H32N2/c1-16-7-10-21(16)23-14-19(11-17-8-9-17)12-20(15-23)22-13-18-5-3-2-4-6-18/h2-6,16-17,19-22H,7-15H2,1H3. The van der Waals surface area contributed by atoms with Crippen molar-refractivity contribution in [3.63, 3.8) is 0 Å². The fraction of sp³-hybridized carbons (Fsp3) is 0.714. The van der Waals surface area contributed by atoms with Crippen LogP contribution in [0.15, 0.2) is 30.3 Å². The van der Waals surface area contributed by atoms with E-state index in [0.29, 0.717) is 6.04 Å². The van der Waals surface area contributed by atoms with E-state index in [0.717, 1.165) is 30.3 Å². The predicted molar refractivity (Wildman–Crippen MR) is 96.3 cm³/mol. The number of likely N-dealkylation sites (tertiary alicyclic amines) is 1. The second kappa shape index (κ2) is 6.94. The number of hydrogen-bond donors (Lipinski definition) is 1. The van der Waals surface area contributed by atoms with E-state index in [1.807, 2.05) is 0 Å². The molecule has 3 aliphatic rings. The SMILES string of the molecule is CC1CCC1N1CC(CC2CC2)CC(NCc2ccccc2)C1. The smallest absolute Gasteiger partial charge is 0.0208 e. The lowest BCUT2D eigenvalue weighted by molar-refractivity contribution is 0.0198. The van der Waals surface area contributed by atoms with Crippen LogP contribution in [0.2, 0.25) is 0 Å². The Labute approximate surface area is 141 Å². The highest BCUT2D eigenvalue weighted by Gasteiger charge is 2.38. The highest BCUT2D eigenvalue weighted by molar-refractivity contribution is 5.14. The summed E-state index contributed by atoms with van der Waals surface area (Å²) in [6.45, 7) is 6.11. The molecule has 1 aliphatic heterocycles. The molecule has 4 rings (SSSR count). The summed E-state index contributed by atoms with van der Waals surface area (Å²) in [7, 11) is 0. The molecule has 126 valence electrons. The highest BCUT2D eigenvalue weighted by atomic mass is 15.2. The number of nitrogens with one attached hydrogen (secondary N) is 1. The summed E-state index contributed by atoms with van der Waals surface area (Å²) in [6.07, 6.45) is 8.75. The molecule has 23 heavy (non-hydrogen) atoms. The van der Waals surface area contributed by atoms with Crippen molar-refractivity contribution in [1.82, 2.24) is 10.2 Å². The topological polar surface area (TPSA) is 15.3 Å². The van der Waals surface area contributed by atoms with E-state index in [9.17, 15) is 0 Å². The summed E-state index contributed by atoms with van der Waals surface area (Å²) in [5.74, 6) is 2.91. The molecule has 0 aromatic heterocycles. The first-order valence-electron chi connectivity index (χ1n) is 9.79. The third kappa shape index (κ3) is 3.97. The zero-order chi connectivity index (χ0) is 15.6. The number of rotatable bonds is 6. The van der Waals surface area contributed by atoms with Crippen LogP contribution < -0.4 is 5.32 Å². The van der Waals surface area contributed by atoms with Crippen LogP contribution in [-0.2, 0) is 6.54 Å². The molecule has 3 fully saturated rings. The minimum absolute atomic E-state index is 0.681. The van der Waals surface area contributed by atoms with Crippen LogP contribution in [-0.4, -0.2) is 30.1 Å². The largest absolute Gasteiger partial charge is 0.309 e. The summed E-state index contributed by atoms with van der Waals surface area (Å²) >= 11 is 0. The molecule has 1 aromatic carbocycles. The molecule has 1 aromatic rings. The minimum atomic E-state index is 0.681. The van der Waals surface area contributed by atoms with Crippen molar-refractivity contribution in [2.45, 2.75) is 64.1 Å². The summed E-state index contributed by atoms with van der Waals surface area (Å²) in [5, 5.41) is 3.87. The number of piperidine rings is 1. The van der Waals surface area contributed by atoms with Gasteiger partial charge < -0.3 is 5.32 Å². The first-order chi connectivity index (χ1) is 11.3. The maximum Gasteiger partial charge on any atom is 0.0208 e. The van der Waals surface area contributed by atoms with Gasteiger partial charge in [0.05, 0.1) is 0 Å². The first-order valence-corrected chi connectivity index (χ1v) is 9.79. The van der Waals surface area contributed by atoms with E-state index < -0.39 is 0 Å². The van der Waals surface area contributed by atoms with Crippen LogP contribution in [0.3, 0.4) is 0 Å². The van der Waals surface area contributed by atoms with Gasteiger partial charge in [-0.05, 0) is 49.0 Å². The Balaban J connectivity index is 1.36. The Morgan fingerprint density at radius 3 is 2.48 bits per heavy atom. The second-order valence-electron chi connectivity index (χ2n) is 8.42. The van der Waals surface area contributed by atoms with Crippen LogP contribution >= 0.6 is 0 Å². The van der Waals surface area contributed by atoms with Crippen molar-refractivity contribution in [2.24, 2.45) is 17.8 Å². The molecule has 0 spiro atoms. The van der Waals surface area contributed by atoms with Crippen LogP contribution in [0.1, 0.15) is 51.0 Å². The molecule has 2 saturated carbocycles. The lowest BCUT2D eigenvalue weighted by atomic mass is 9.77. The molecule has 4 atom stereocenters. The van der Waals surface area contributed by atoms with Crippen molar-refractivity contribution in [2.75, 3.05) is 13.1 Å². The van der Waals surface area contributed by atoms with Gasteiger partial charge in [0.1, 0.15) is 0 Å². The summed E-state index contributed by atoms with van der Waals surface area (Å²) < 4.78 is 0. The van der Waals surface area contributed by atoms with Gasteiger partial charge in [0.2, 0.25) is 0 Å². The van der Waals surface area contributed by atoms with Crippen molar-refractivity contribution < 1.29 is 0 Å². The molecule has 0 amide bonds. The Kier molecular flexibility index (Phi) is 4.73. The lowest BCUT2D eigenvalue weighted by Gasteiger charge is -2.48. The molecule has 1 saturated heterocycles. The predicted octanol–water partition coefficient (Wildman–Crippen LogP) is 4.07. The first kappa shape index (κ1) is 15.7. The Morgan fingerprint density at radius 1 is 1.00 bits per heavy atom. The molecule has 4 unspecified atom stereocenters. The van der Waals surface area contributed by atoms with E-state index in [4.69, 9.17) is 0 Å². The molecule has 2 nitrogen and oxygen atoms in total. The third-order valence-corrected chi connectivity index (χ3v) is 6.41. The highest BCUT2D eigenvalue weighted by Crippen LogP contribution is 2.40. The fourth-order valence-corrected chi connectivity index (χ4v) is 4.70. The van der Waals surface area contributed by atoms with Gasteiger partial charge in [0, 0.05) is 31.7 Å². The second-order valence-corrected chi connectivity index (χ2v) is 8.42.